The van der Waals surface area contributed by atoms with Crippen molar-refractivity contribution in [3.8, 4) is 11.6 Å². The summed E-state index contributed by atoms with van der Waals surface area (Å²) in [7, 11) is 2.08. The van der Waals surface area contributed by atoms with Crippen LogP contribution in [0.15, 0.2) is 78.9 Å². The van der Waals surface area contributed by atoms with E-state index in [0.717, 1.165) is 54.7 Å². The second-order valence-corrected chi connectivity index (χ2v) is 16.2. The number of benzene rings is 2. The van der Waals surface area contributed by atoms with E-state index in [1.165, 1.54) is 38.8 Å². The van der Waals surface area contributed by atoms with Crippen molar-refractivity contribution in [2.45, 2.75) is 39.5 Å². The molecule has 4 saturated heterocycles. The van der Waals surface area contributed by atoms with Crippen LogP contribution in [0.4, 0.5) is 47.9 Å². The Kier molecular flexibility index (Phi) is 17.0. The van der Waals surface area contributed by atoms with E-state index in [1.807, 2.05) is 26.0 Å². The number of fused-ring (bicyclic) bond motifs is 1. The Morgan fingerprint density at radius 1 is 0.922 bits per heavy atom. The number of hydrogen-bond donors (Lipinski definition) is 4. The lowest BCUT2D eigenvalue weighted by molar-refractivity contribution is -0.113. The highest BCUT2D eigenvalue weighted by Gasteiger charge is 2.47. The topological polar surface area (TPSA) is 117 Å². The van der Waals surface area contributed by atoms with Gasteiger partial charge in [0, 0.05) is 86.5 Å². The van der Waals surface area contributed by atoms with Crippen LogP contribution in [0.25, 0.3) is 10.9 Å². The van der Waals surface area contributed by atoms with Gasteiger partial charge in [-0.2, -0.15) is 0 Å². The van der Waals surface area contributed by atoms with E-state index in [0.29, 0.717) is 17.0 Å². The van der Waals surface area contributed by atoms with E-state index in [1.54, 1.807) is 25.1 Å². The number of alkyl halides is 4. The molecule has 8 rings (SSSR count). The van der Waals surface area contributed by atoms with Gasteiger partial charge < -0.3 is 45.3 Å². The number of hydrogen-bond acceptors (Lipinski definition) is 10. The number of nitrogens with zero attached hydrogens (tertiary/aromatic N) is 6. The molecule has 64 heavy (non-hydrogen) atoms. The summed E-state index contributed by atoms with van der Waals surface area (Å²) in [5, 5.41) is 8.75. The number of carbonyl (C=O) groups is 1. The third kappa shape index (κ3) is 13.8. The summed E-state index contributed by atoms with van der Waals surface area (Å²) in [6, 6.07) is 9.73. The Balaban J connectivity index is 0.000000271. The van der Waals surface area contributed by atoms with E-state index in [-0.39, 0.29) is 35.4 Å². The minimum Gasteiger partial charge on any atom is -0.435 e. The second-order valence-electron chi connectivity index (χ2n) is 16.2. The van der Waals surface area contributed by atoms with E-state index in [2.05, 4.69) is 72.7 Å². The van der Waals surface area contributed by atoms with Gasteiger partial charge in [-0.3, -0.25) is 4.79 Å². The van der Waals surface area contributed by atoms with Crippen molar-refractivity contribution in [1.82, 2.24) is 40.3 Å². The Morgan fingerprint density at radius 2 is 1.55 bits per heavy atom. The van der Waals surface area contributed by atoms with Crippen LogP contribution in [-0.2, 0) is 0 Å². The molecule has 0 unspecified atom stereocenters. The lowest BCUT2D eigenvalue weighted by Crippen LogP contribution is -2.58. The molecule has 2 aromatic carbocycles. The summed E-state index contributed by atoms with van der Waals surface area (Å²) in [6.07, 6.45) is 2.74. The highest BCUT2D eigenvalue weighted by atomic mass is 19.3. The molecule has 0 saturated carbocycles. The van der Waals surface area contributed by atoms with Gasteiger partial charge in [-0.15, -0.1) is 0 Å². The van der Waals surface area contributed by atoms with Gasteiger partial charge >= 0.3 is 0 Å². The minimum atomic E-state index is -3.02. The van der Waals surface area contributed by atoms with E-state index in [4.69, 9.17) is 4.74 Å². The SMILES string of the molecule is C=C(F)C(=C)C=C(C)C.CCN1CCNCC1.Cc1cc2c(F)c(Oc3ncnc(Nc4ccc(N5CCN(C)CC5)cc4)c3C(=O)N3CC(F)(F)C3)cc(F)c2[nH]1.FC1(F)CNC1. The number of piperazine rings is 2. The summed E-state index contributed by atoms with van der Waals surface area (Å²) < 4.78 is 98.1. The highest BCUT2D eigenvalue weighted by molar-refractivity contribution is 6.02. The van der Waals surface area contributed by atoms with Crippen molar-refractivity contribution >= 4 is 34.0 Å². The number of likely N-dealkylation sites (N-methyl/N-ethyl adjacent to an activating group) is 2. The first-order valence-corrected chi connectivity index (χ1v) is 20.9. The molecular weight excluding hydrogens is 846 g/mol. The maximum atomic E-state index is 15.3. The number of carbonyl (C=O) groups excluding carboxylic acids is 1. The number of H-pyrrole nitrogens is 1. The first kappa shape index (κ1) is 49.5. The highest BCUT2D eigenvalue weighted by Crippen LogP contribution is 2.37. The van der Waals surface area contributed by atoms with E-state index < -0.39 is 59.9 Å². The molecule has 4 N–H and O–H groups in total. The Hall–Kier alpha value is -5.50. The summed E-state index contributed by atoms with van der Waals surface area (Å²) >= 11 is 0. The Bertz CT molecular complexity index is 2250. The van der Waals surface area contributed by atoms with Crippen molar-refractivity contribution in [3.05, 3.63) is 102 Å². The minimum absolute atomic E-state index is 0.0259. The summed E-state index contributed by atoms with van der Waals surface area (Å²) in [5.74, 6) is -9.29. The van der Waals surface area contributed by atoms with Crippen LogP contribution >= 0.6 is 0 Å². The fourth-order valence-electron chi connectivity index (χ4n) is 6.79. The lowest BCUT2D eigenvalue weighted by Gasteiger charge is -2.38. The third-order valence-corrected chi connectivity index (χ3v) is 10.5. The zero-order chi connectivity index (χ0) is 46.8. The number of aromatic amines is 1. The maximum Gasteiger partial charge on any atom is 0.282 e. The predicted molar refractivity (Wildman–Crippen MR) is 237 cm³/mol. The molecule has 0 spiro atoms. The Labute approximate surface area is 369 Å². The van der Waals surface area contributed by atoms with Crippen LogP contribution in [0.5, 0.6) is 11.6 Å². The van der Waals surface area contributed by atoms with Crippen molar-refractivity contribution in [3.63, 3.8) is 0 Å². The molecule has 2 aromatic heterocycles. The van der Waals surface area contributed by atoms with Gasteiger partial charge in [0.25, 0.3) is 17.8 Å². The molecule has 6 heterocycles. The molecule has 348 valence electrons. The van der Waals surface area contributed by atoms with Crippen molar-refractivity contribution in [2.24, 2.45) is 0 Å². The van der Waals surface area contributed by atoms with Crippen LogP contribution in [-0.4, -0.2) is 140 Å². The van der Waals surface area contributed by atoms with Crippen LogP contribution < -0.4 is 25.6 Å². The standard InChI is InChI=1S/C28H27F4N7O2.C8H11F.C6H14N2.C3H5F2N/c1-16-11-19-23(30)21(12-20(29)24(19)35-16)41-26-22(27(40)39-13-28(31,32)14-39)25(33-15-34-26)36-17-3-5-18(6-4-17)38-9-7-37(2)8-10-38;1-6(2)5-7(3)8(4)9;1-2-8-5-3-7-4-6-8;4-3(5)1-6-2-3/h3-6,11-12,15,35H,7-10,13-14H2,1-2H3,(H,33,34,36);5H,3-4H2,1-2H3;7H,2-6H2,1H3;6H,1-2H2. The van der Waals surface area contributed by atoms with E-state index >= 15 is 4.39 Å². The molecular formula is C45H57F7N10O2. The number of nitrogens with one attached hydrogen (secondary N) is 4. The number of anilines is 3. The van der Waals surface area contributed by atoms with Crippen LogP contribution in [0, 0.1) is 18.6 Å². The molecule has 12 nitrogen and oxygen atoms in total. The molecule has 19 heteroatoms. The number of allylic oxidation sites excluding steroid dienone is 4. The van der Waals surface area contributed by atoms with Gasteiger partial charge in [-0.25, -0.2) is 40.7 Å². The number of likely N-dealkylation sites (tertiary alicyclic amines) is 1. The number of ether oxygens (including phenoxy) is 1. The summed E-state index contributed by atoms with van der Waals surface area (Å²) in [4.78, 5) is 32.2. The normalized spacial score (nSPS) is 17.8. The smallest absolute Gasteiger partial charge is 0.282 e. The molecule has 4 fully saturated rings. The first-order chi connectivity index (χ1) is 30.3. The quantitative estimate of drug-likeness (QED) is 0.0972. The zero-order valence-corrected chi connectivity index (χ0v) is 36.9. The molecule has 0 atom stereocenters. The number of amides is 1. The molecule has 0 radical (unpaired) electrons. The zero-order valence-electron chi connectivity index (χ0n) is 36.9. The van der Waals surface area contributed by atoms with Crippen molar-refractivity contribution in [1.29, 1.82) is 0 Å². The number of rotatable bonds is 9. The maximum absolute atomic E-state index is 15.3. The van der Waals surface area contributed by atoms with Crippen LogP contribution in [0.2, 0.25) is 0 Å². The van der Waals surface area contributed by atoms with Crippen LogP contribution in [0.1, 0.15) is 36.8 Å². The molecule has 0 aliphatic carbocycles. The molecule has 4 aliphatic heterocycles. The van der Waals surface area contributed by atoms with Gasteiger partial charge in [0.2, 0.25) is 5.88 Å². The lowest BCUT2D eigenvalue weighted by atomic mass is 10.1. The molecule has 1 amide bonds. The summed E-state index contributed by atoms with van der Waals surface area (Å²) in [5.41, 5.74) is 3.21. The second kappa shape index (κ2) is 21.9. The fourth-order valence-corrected chi connectivity index (χ4v) is 6.79. The summed E-state index contributed by atoms with van der Waals surface area (Å²) in [6.45, 7) is 22.0. The first-order valence-electron chi connectivity index (χ1n) is 20.9. The molecule has 4 aliphatic rings. The average Bonchev–Trinajstić information content (AvgIpc) is 3.65. The van der Waals surface area contributed by atoms with Gasteiger partial charge in [0.1, 0.15) is 17.7 Å². The van der Waals surface area contributed by atoms with Crippen molar-refractivity contribution in [2.75, 3.05) is 102 Å². The fraction of sp³-hybridized carbons (Fsp3) is 0.444. The van der Waals surface area contributed by atoms with Gasteiger partial charge in [-0.05, 0) is 64.7 Å². The monoisotopic (exact) mass is 902 g/mol. The number of aryl methyl sites for hydroxylation is 1. The molecule has 0 bridgehead atoms. The van der Waals surface area contributed by atoms with Crippen molar-refractivity contribution < 1.29 is 40.3 Å². The van der Waals surface area contributed by atoms with Crippen LogP contribution in [0.3, 0.4) is 0 Å². The Morgan fingerprint density at radius 3 is 2.05 bits per heavy atom. The third-order valence-electron chi connectivity index (χ3n) is 10.5. The molecule has 4 aromatic rings. The average molecular weight is 903 g/mol. The number of aromatic nitrogens is 3. The van der Waals surface area contributed by atoms with E-state index in [9.17, 15) is 31.1 Å². The van der Waals surface area contributed by atoms with Gasteiger partial charge in [0.15, 0.2) is 23.2 Å². The number of halogens is 7. The van der Waals surface area contributed by atoms with Gasteiger partial charge in [-0.1, -0.05) is 31.7 Å². The van der Waals surface area contributed by atoms with Gasteiger partial charge in [0.05, 0.1) is 31.7 Å². The predicted octanol–water partition coefficient (Wildman–Crippen LogP) is 8.05. The largest absolute Gasteiger partial charge is 0.435 e.